The molecule has 3 aromatic rings. The van der Waals surface area contributed by atoms with Crippen LogP contribution in [0.3, 0.4) is 0 Å². The Morgan fingerprint density at radius 2 is 1.93 bits per heavy atom. The average Bonchev–Trinajstić information content (AvgIpc) is 3.01. The molecule has 0 aliphatic rings. The highest BCUT2D eigenvalue weighted by atomic mass is 32.2. The van der Waals surface area contributed by atoms with Gasteiger partial charge in [-0.15, -0.1) is 10.2 Å². The van der Waals surface area contributed by atoms with E-state index < -0.39 is 11.7 Å². The minimum absolute atomic E-state index is 0.140. The van der Waals surface area contributed by atoms with E-state index in [4.69, 9.17) is 0 Å². The van der Waals surface area contributed by atoms with Crippen molar-refractivity contribution in [3.8, 4) is 0 Å². The summed E-state index contributed by atoms with van der Waals surface area (Å²) in [6.07, 6.45) is -2.97. The molecule has 27 heavy (non-hydrogen) atoms. The molecule has 0 bridgehead atoms. The van der Waals surface area contributed by atoms with Crippen LogP contribution < -0.4 is 5.32 Å². The van der Waals surface area contributed by atoms with Crippen molar-refractivity contribution < 1.29 is 18.0 Å². The van der Waals surface area contributed by atoms with Gasteiger partial charge in [0.1, 0.15) is 6.33 Å². The molecule has 0 saturated carbocycles. The van der Waals surface area contributed by atoms with Crippen LogP contribution in [-0.4, -0.2) is 20.7 Å². The fourth-order valence-electron chi connectivity index (χ4n) is 2.32. The Morgan fingerprint density at radius 1 is 1.19 bits per heavy atom. The number of nitrogens with one attached hydrogen (secondary N) is 1. The summed E-state index contributed by atoms with van der Waals surface area (Å²) in [4.78, 5) is 13.0. The largest absolute Gasteiger partial charge is 0.416 e. The van der Waals surface area contributed by atoms with Gasteiger partial charge in [-0.05, 0) is 47.7 Å². The Morgan fingerprint density at radius 3 is 2.56 bits per heavy atom. The minimum atomic E-state index is -4.43. The maximum absolute atomic E-state index is 12.7. The molecule has 0 aliphatic carbocycles. The van der Waals surface area contributed by atoms with Crippen molar-refractivity contribution in [2.75, 3.05) is 5.32 Å². The zero-order valence-electron chi connectivity index (χ0n) is 14.2. The van der Waals surface area contributed by atoms with Crippen molar-refractivity contribution in [2.45, 2.75) is 22.6 Å². The van der Waals surface area contributed by atoms with Gasteiger partial charge < -0.3 is 9.88 Å². The Labute approximate surface area is 157 Å². The maximum atomic E-state index is 12.7. The molecule has 2 aromatic carbocycles. The Kier molecular flexibility index (Phi) is 5.50. The molecule has 140 valence electrons. The second-order valence-corrected chi connectivity index (χ2v) is 6.81. The summed E-state index contributed by atoms with van der Waals surface area (Å²) in [6, 6.07) is 11.8. The molecular weight excluding hydrogens is 377 g/mol. The van der Waals surface area contributed by atoms with E-state index in [2.05, 4.69) is 15.5 Å². The van der Waals surface area contributed by atoms with Crippen LogP contribution in [0.1, 0.15) is 11.1 Å². The van der Waals surface area contributed by atoms with Crippen molar-refractivity contribution in [1.29, 1.82) is 0 Å². The Hall–Kier alpha value is -2.81. The van der Waals surface area contributed by atoms with Gasteiger partial charge in [-0.1, -0.05) is 18.2 Å². The number of alkyl halides is 3. The van der Waals surface area contributed by atoms with Crippen LogP contribution >= 0.6 is 11.8 Å². The van der Waals surface area contributed by atoms with Gasteiger partial charge in [0.05, 0.1) is 12.0 Å². The van der Waals surface area contributed by atoms with Crippen molar-refractivity contribution in [1.82, 2.24) is 14.8 Å². The summed E-state index contributed by atoms with van der Waals surface area (Å²) in [6.45, 7) is 0. The number of halogens is 3. The lowest BCUT2D eigenvalue weighted by Gasteiger charge is -2.09. The van der Waals surface area contributed by atoms with E-state index in [9.17, 15) is 18.0 Å². The van der Waals surface area contributed by atoms with Gasteiger partial charge in [0.25, 0.3) is 0 Å². The molecule has 0 atom stereocenters. The minimum Gasteiger partial charge on any atom is -0.326 e. The number of amides is 1. The van der Waals surface area contributed by atoms with Crippen molar-refractivity contribution in [3.05, 3.63) is 66.0 Å². The lowest BCUT2D eigenvalue weighted by Crippen LogP contribution is -2.15. The quantitative estimate of drug-likeness (QED) is 0.708. The van der Waals surface area contributed by atoms with Crippen molar-refractivity contribution >= 4 is 23.4 Å². The third-order valence-electron chi connectivity index (χ3n) is 3.64. The summed E-state index contributed by atoms with van der Waals surface area (Å²) in [5.74, 6) is -0.386. The van der Waals surface area contributed by atoms with E-state index in [-0.39, 0.29) is 12.3 Å². The number of nitrogens with zero attached hydrogens (tertiary/aromatic N) is 3. The molecule has 3 rings (SSSR count). The van der Waals surface area contributed by atoms with Crippen LogP contribution in [0.25, 0.3) is 0 Å². The van der Waals surface area contributed by atoms with E-state index in [1.807, 2.05) is 19.2 Å². The molecule has 0 aliphatic heterocycles. The number of anilines is 1. The number of rotatable bonds is 5. The molecule has 0 radical (unpaired) electrons. The third-order valence-corrected chi connectivity index (χ3v) is 4.70. The second kappa shape index (κ2) is 7.83. The van der Waals surface area contributed by atoms with Crippen LogP contribution in [-0.2, 0) is 24.4 Å². The highest BCUT2D eigenvalue weighted by Crippen LogP contribution is 2.30. The van der Waals surface area contributed by atoms with Gasteiger partial charge in [-0.2, -0.15) is 13.2 Å². The fourth-order valence-corrected chi connectivity index (χ4v) is 3.09. The van der Waals surface area contributed by atoms with Gasteiger partial charge in [-0.3, -0.25) is 4.79 Å². The van der Waals surface area contributed by atoms with Gasteiger partial charge in [0, 0.05) is 17.6 Å². The summed E-state index contributed by atoms with van der Waals surface area (Å²) in [7, 11) is 1.84. The maximum Gasteiger partial charge on any atom is 0.416 e. The van der Waals surface area contributed by atoms with Crippen molar-refractivity contribution in [2.24, 2.45) is 7.05 Å². The lowest BCUT2D eigenvalue weighted by molar-refractivity contribution is -0.137. The van der Waals surface area contributed by atoms with Crippen LogP contribution in [0.4, 0.5) is 18.9 Å². The highest BCUT2D eigenvalue weighted by Gasteiger charge is 2.30. The molecule has 0 spiro atoms. The first-order valence-corrected chi connectivity index (χ1v) is 8.71. The van der Waals surface area contributed by atoms with Crippen LogP contribution in [0.2, 0.25) is 0 Å². The Balaban J connectivity index is 1.60. The molecule has 0 fully saturated rings. The lowest BCUT2D eigenvalue weighted by atomic mass is 10.1. The summed E-state index contributed by atoms with van der Waals surface area (Å²) >= 11 is 1.43. The number of benzene rings is 2. The highest BCUT2D eigenvalue weighted by molar-refractivity contribution is 7.99. The molecule has 1 N–H and O–H groups in total. The topological polar surface area (TPSA) is 59.8 Å². The summed E-state index contributed by atoms with van der Waals surface area (Å²) in [5, 5.41) is 11.2. The molecule has 0 saturated heterocycles. The van der Waals surface area contributed by atoms with E-state index >= 15 is 0 Å². The van der Waals surface area contributed by atoms with Crippen LogP contribution in [0.15, 0.2) is 64.9 Å². The number of carbonyl (C=O) groups excluding carboxylic acids is 1. The number of aromatic nitrogens is 3. The monoisotopic (exact) mass is 392 g/mol. The molecule has 1 heterocycles. The number of hydrogen-bond donors (Lipinski definition) is 1. The van der Waals surface area contributed by atoms with Crippen LogP contribution in [0.5, 0.6) is 0 Å². The third kappa shape index (κ3) is 5.10. The molecule has 9 heteroatoms. The first-order valence-electron chi connectivity index (χ1n) is 7.89. The standard InChI is InChI=1S/C18H15F3N4OS/c1-25-11-22-24-17(25)27-15-7-5-14(6-8-15)23-16(26)10-12-3-2-4-13(9-12)18(19,20)21/h2-9,11H,10H2,1H3,(H,23,26). The SMILES string of the molecule is Cn1cnnc1Sc1ccc(NC(=O)Cc2cccc(C(F)(F)F)c2)cc1. The van der Waals surface area contributed by atoms with E-state index in [1.54, 1.807) is 23.0 Å². The molecule has 1 aromatic heterocycles. The average molecular weight is 392 g/mol. The Bertz CT molecular complexity index is 938. The van der Waals surface area contributed by atoms with E-state index in [0.717, 1.165) is 22.2 Å². The van der Waals surface area contributed by atoms with Gasteiger partial charge in [-0.25, -0.2) is 0 Å². The smallest absolute Gasteiger partial charge is 0.326 e. The molecular formula is C18H15F3N4OS. The summed E-state index contributed by atoms with van der Waals surface area (Å²) in [5.41, 5.74) is 0.101. The van der Waals surface area contributed by atoms with Crippen LogP contribution in [0, 0.1) is 0 Å². The van der Waals surface area contributed by atoms with Crippen molar-refractivity contribution in [3.63, 3.8) is 0 Å². The first kappa shape index (κ1) is 19.0. The van der Waals surface area contributed by atoms with Gasteiger partial charge in [0.2, 0.25) is 5.91 Å². The number of carbonyl (C=O) groups is 1. The van der Waals surface area contributed by atoms with E-state index in [0.29, 0.717) is 11.3 Å². The normalized spacial score (nSPS) is 11.4. The zero-order chi connectivity index (χ0) is 19.4. The van der Waals surface area contributed by atoms with E-state index in [1.165, 1.54) is 23.9 Å². The molecule has 1 amide bonds. The molecule has 0 unspecified atom stereocenters. The first-order chi connectivity index (χ1) is 12.8. The predicted octanol–water partition coefficient (Wildman–Crippen LogP) is 4.17. The predicted molar refractivity (Wildman–Crippen MR) is 95.3 cm³/mol. The zero-order valence-corrected chi connectivity index (χ0v) is 15.0. The second-order valence-electron chi connectivity index (χ2n) is 5.77. The summed E-state index contributed by atoms with van der Waals surface area (Å²) < 4.78 is 40.0. The van der Waals surface area contributed by atoms with Gasteiger partial charge >= 0.3 is 6.18 Å². The molecule has 5 nitrogen and oxygen atoms in total. The van der Waals surface area contributed by atoms with Gasteiger partial charge in [0.15, 0.2) is 5.16 Å². The number of hydrogen-bond acceptors (Lipinski definition) is 4. The number of aryl methyl sites for hydroxylation is 1. The fraction of sp³-hybridized carbons (Fsp3) is 0.167.